The van der Waals surface area contributed by atoms with E-state index in [1.165, 1.54) is 4.90 Å². The van der Waals surface area contributed by atoms with Crippen LogP contribution in [0.2, 0.25) is 10.0 Å². The monoisotopic (exact) mass is 530 g/mol. The van der Waals surface area contributed by atoms with E-state index in [1.54, 1.807) is 41.1 Å². The molecule has 2 aromatic carbocycles. The van der Waals surface area contributed by atoms with Gasteiger partial charge in [-0.2, -0.15) is 5.10 Å². The molecule has 1 N–H and O–H groups in total. The van der Waals surface area contributed by atoms with Crippen LogP contribution in [0.15, 0.2) is 54.6 Å². The predicted octanol–water partition coefficient (Wildman–Crippen LogP) is 5.98. The summed E-state index contributed by atoms with van der Waals surface area (Å²) >= 11 is 12.0. The maximum absolute atomic E-state index is 13.1. The molecule has 0 unspecified atom stereocenters. The zero-order valence-corrected chi connectivity index (χ0v) is 22.7. The van der Waals surface area contributed by atoms with Crippen LogP contribution in [0.25, 0.3) is 5.69 Å². The highest BCUT2D eigenvalue weighted by atomic mass is 35.5. The van der Waals surface area contributed by atoms with Crippen LogP contribution >= 0.6 is 23.2 Å². The van der Waals surface area contributed by atoms with Gasteiger partial charge in [0.25, 0.3) is 5.91 Å². The summed E-state index contributed by atoms with van der Waals surface area (Å²) in [6, 6.07) is 15.8. The van der Waals surface area contributed by atoms with Crippen LogP contribution in [0.4, 0.5) is 5.82 Å². The van der Waals surface area contributed by atoms with Gasteiger partial charge in [-0.25, -0.2) is 4.68 Å². The molecule has 0 saturated carbocycles. The van der Waals surface area contributed by atoms with Gasteiger partial charge in [0.15, 0.2) is 6.61 Å². The Bertz CT molecular complexity index is 1180. The standard InChI is InChI=1S/C27H32Cl2N4O3/c1-18(2)15-32(26(35)17-36-22-12-8-20(29)9-13-22)16-25(34)30-24-14-23(27(3,4)5)31-33(24)21-10-6-19(28)7-11-21/h6-14,18H,15-17H2,1-5H3,(H,30,34). The molecule has 3 rings (SSSR count). The highest BCUT2D eigenvalue weighted by molar-refractivity contribution is 6.30. The first-order valence-corrected chi connectivity index (χ1v) is 12.5. The molecule has 0 fully saturated rings. The van der Waals surface area contributed by atoms with Crippen molar-refractivity contribution >= 4 is 40.8 Å². The Labute approximate surface area is 222 Å². The number of ether oxygens (including phenoxy) is 1. The number of nitrogens with zero attached hydrogens (tertiary/aromatic N) is 3. The molecule has 0 spiro atoms. The second-order valence-electron chi connectivity index (χ2n) is 10.0. The van der Waals surface area contributed by atoms with Crippen molar-refractivity contribution in [3.8, 4) is 11.4 Å². The Morgan fingerprint density at radius 2 is 1.61 bits per heavy atom. The van der Waals surface area contributed by atoms with E-state index in [0.29, 0.717) is 28.2 Å². The summed E-state index contributed by atoms with van der Waals surface area (Å²) in [7, 11) is 0. The van der Waals surface area contributed by atoms with Crippen molar-refractivity contribution in [2.24, 2.45) is 5.92 Å². The number of carbonyl (C=O) groups excluding carboxylic acids is 2. The Hall–Kier alpha value is -3.03. The van der Waals surface area contributed by atoms with Gasteiger partial charge in [-0.3, -0.25) is 9.59 Å². The summed E-state index contributed by atoms with van der Waals surface area (Å²) in [6.45, 7) is 10.3. The molecule has 3 aromatic rings. The lowest BCUT2D eigenvalue weighted by molar-refractivity contribution is -0.137. The lowest BCUT2D eigenvalue weighted by Gasteiger charge is -2.24. The summed E-state index contributed by atoms with van der Waals surface area (Å²) in [4.78, 5) is 27.5. The Morgan fingerprint density at radius 3 is 2.17 bits per heavy atom. The summed E-state index contributed by atoms with van der Waals surface area (Å²) < 4.78 is 7.28. The highest BCUT2D eigenvalue weighted by Gasteiger charge is 2.23. The minimum absolute atomic E-state index is 0.113. The van der Waals surface area contributed by atoms with Gasteiger partial charge < -0.3 is 15.0 Å². The van der Waals surface area contributed by atoms with Crippen LogP contribution < -0.4 is 10.1 Å². The average molecular weight is 531 g/mol. The van der Waals surface area contributed by atoms with Gasteiger partial charge in [-0.1, -0.05) is 57.8 Å². The number of aromatic nitrogens is 2. The zero-order valence-electron chi connectivity index (χ0n) is 21.2. The molecule has 0 radical (unpaired) electrons. The van der Waals surface area contributed by atoms with Crippen molar-refractivity contribution < 1.29 is 14.3 Å². The van der Waals surface area contributed by atoms with Crippen molar-refractivity contribution in [1.82, 2.24) is 14.7 Å². The predicted molar refractivity (Wildman–Crippen MR) is 144 cm³/mol. The molecule has 0 aliphatic rings. The lowest BCUT2D eigenvalue weighted by Crippen LogP contribution is -2.42. The number of hydrogen-bond acceptors (Lipinski definition) is 4. The number of amides is 2. The lowest BCUT2D eigenvalue weighted by atomic mass is 9.92. The minimum atomic E-state index is -0.328. The largest absolute Gasteiger partial charge is 0.484 e. The number of benzene rings is 2. The quantitative estimate of drug-likeness (QED) is 0.369. The van der Waals surface area contributed by atoms with Crippen molar-refractivity contribution in [1.29, 1.82) is 0 Å². The smallest absolute Gasteiger partial charge is 0.260 e. The van der Waals surface area contributed by atoms with E-state index in [1.807, 2.05) is 32.0 Å². The summed E-state index contributed by atoms with van der Waals surface area (Å²) in [5.41, 5.74) is 1.35. The molecule has 1 heterocycles. The van der Waals surface area contributed by atoms with Crippen LogP contribution in [-0.4, -0.2) is 46.2 Å². The molecular weight excluding hydrogens is 499 g/mol. The summed E-state index contributed by atoms with van der Waals surface area (Å²) in [5.74, 6) is 0.607. The maximum atomic E-state index is 13.1. The third-order valence-corrected chi connectivity index (χ3v) is 5.77. The topological polar surface area (TPSA) is 76.5 Å². The third-order valence-electron chi connectivity index (χ3n) is 5.27. The van der Waals surface area contributed by atoms with E-state index in [0.717, 1.165) is 11.4 Å². The Kier molecular flexibility index (Phi) is 9.03. The Balaban J connectivity index is 1.75. The highest BCUT2D eigenvalue weighted by Crippen LogP contribution is 2.27. The molecule has 0 saturated heterocycles. The zero-order chi connectivity index (χ0) is 26.5. The van der Waals surface area contributed by atoms with Crippen molar-refractivity contribution in [2.45, 2.75) is 40.0 Å². The average Bonchev–Trinajstić information content (AvgIpc) is 3.22. The molecule has 1 aromatic heterocycles. The fourth-order valence-corrected chi connectivity index (χ4v) is 3.69. The van der Waals surface area contributed by atoms with E-state index in [9.17, 15) is 9.59 Å². The number of hydrogen-bond donors (Lipinski definition) is 1. The molecule has 2 amide bonds. The van der Waals surface area contributed by atoms with E-state index < -0.39 is 0 Å². The first-order valence-electron chi connectivity index (χ1n) is 11.7. The number of nitrogens with one attached hydrogen (secondary N) is 1. The number of halogens is 2. The van der Waals surface area contributed by atoms with Crippen LogP contribution in [0.1, 0.15) is 40.3 Å². The van der Waals surface area contributed by atoms with E-state index >= 15 is 0 Å². The molecule has 0 bridgehead atoms. The molecule has 0 aliphatic carbocycles. The Morgan fingerprint density at radius 1 is 1.03 bits per heavy atom. The molecule has 0 atom stereocenters. The molecule has 7 nitrogen and oxygen atoms in total. The van der Waals surface area contributed by atoms with E-state index in [2.05, 4.69) is 26.1 Å². The van der Waals surface area contributed by atoms with Crippen molar-refractivity contribution in [3.05, 3.63) is 70.3 Å². The van der Waals surface area contributed by atoms with Crippen LogP contribution in [0.5, 0.6) is 5.75 Å². The molecular formula is C27H32Cl2N4O3. The van der Waals surface area contributed by atoms with Gasteiger partial charge >= 0.3 is 0 Å². The van der Waals surface area contributed by atoms with Gasteiger partial charge in [0.1, 0.15) is 18.1 Å². The van der Waals surface area contributed by atoms with Gasteiger partial charge in [0, 0.05) is 28.1 Å². The van der Waals surface area contributed by atoms with Crippen LogP contribution in [0.3, 0.4) is 0 Å². The van der Waals surface area contributed by atoms with Gasteiger partial charge in [0.05, 0.1) is 11.4 Å². The second kappa shape index (κ2) is 11.8. The second-order valence-corrected chi connectivity index (χ2v) is 10.9. The van der Waals surface area contributed by atoms with Crippen molar-refractivity contribution in [3.63, 3.8) is 0 Å². The summed E-state index contributed by atoms with van der Waals surface area (Å²) in [5, 5.41) is 8.84. The fourth-order valence-electron chi connectivity index (χ4n) is 3.43. The van der Waals surface area contributed by atoms with Crippen LogP contribution in [-0.2, 0) is 15.0 Å². The third kappa shape index (κ3) is 7.73. The minimum Gasteiger partial charge on any atom is -0.484 e. The fraction of sp³-hybridized carbons (Fsp3) is 0.370. The number of carbonyl (C=O) groups is 2. The van der Waals surface area contributed by atoms with Crippen molar-refractivity contribution in [2.75, 3.05) is 25.0 Å². The molecule has 9 heteroatoms. The van der Waals surface area contributed by atoms with Crippen LogP contribution in [0, 0.1) is 5.92 Å². The SMILES string of the molecule is CC(C)CN(CC(=O)Nc1cc(C(C)(C)C)nn1-c1ccc(Cl)cc1)C(=O)COc1ccc(Cl)cc1. The maximum Gasteiger partial charge on any atom is 0.260 e. The van der Waals surface area contributed by atoms with Gasteiger partial charge in [-0.15, -0.1) is 0 Å². The van der Waals surface area contributed by atoms with Gasteiger partial charge in [0.2, 0.25) is 5.91 Å². The molecule has 192 valence electrons. The van der Waals surface area contributed by atoms with E-state index in [4.69, 9.17) is 33.0 Å². The first-order chi connectivity index (χ1) is 16.9. The molecule has 0 aliphatic heterocycles. The van der Waals surface area contributed by atoms with E-state index in [-0.39, 0.29) is 36.3 Å². The normalized spacial score (nSPS) is 11.4. The molecule has 36 heavy (non-hydrogen) atoms. The van der Waals surface area contributed by atoms with Gasteiger partial charge in [-0.05, 0) is 54.4 Å². The number of rotatable bonds is 9. The first kappa shape index (κ1) is 27.6. The number of anilines is 1. The summed E-state index contributed by atoms with van der Waals surface area (Å²) in [6.07, 6.45) is 0.